The van der Waals surface area contributed by atoms with Crippen LogP contribution in [0, 0.1) is 17.8 Å². The van der Waals surface area contributed by atoms with Gasteiger partial charge in [0.1, 0.15) is 5.60 Å². The Bertz CT molecular complexity index is 429. The maximum absolute atomic E-state index is 11.7. The first-order valence-electron chi connectivity index (χ1n) is 6.59. The fourth-order valence-corrected chi connectivity index (χ4v) is 3.25. The number of rotatable bonds is 2. The molecule has 0 amide bonds. The second-order valence-corrected chi connectivity index (χ2v) is 6.13. The third kappa shape index (κ3) is 1.95. The highest BCUT2D eigenvalue weighted by molar-refractivity contribution is 5.95. The molecule has 0 radical (unpaired) electrons. The van der Waals surface area contributed by atoms with E-state index >= 15 is 0 Å². The summed E-state index contributed by atoms with van der Waals surface area (Å²) in [5.74, 6) is 0.560. The number of carbonyl (C=O) groups excluding carboxylic acids is 1. The van der Waals surface area contributed by atoms with E-state index in [1.54, 1.807) is 19.9 Å². The average Bonchev–Trinajstić information content (AvgIpc) is 2.63. The zero-order valence-corrected chi connectivity index (χ0v) is 11.5. The fourth-order valence-electron chi connectivity index (χ4n) is 3.25. The number of Topliss-reactive ketones (excluding diaryl/α,β-unsaturated/α-hetero) is 1. The summed E-state index contributed by atoms with van der Waals surface area (Å²) in [6.07, 6.45) is 3.32. The van der Waals surface area contributed by atoms with Crippen molar-refractivity contribution < 1.29 is 15.0 Å². The van der Waals surface area contributed by atoms with Gasteiger partial charge in [0.15, 0.2) is 5.78 Å². The molecule has 0 spiro atoms. The normalized spacial score (nSPS) is 39.4. The molecular formula is C15H22O3. The zero-order valence-electron chi connectivity index (χ0n) is 11.5. The van der Waals surface area contributed by atoms with Crippen molar-refractivity contribution >= 4 is 5.78 Å². The summed E-state index contributed by atoms with van der Waals surface area (Å²) >= 11 is 0. The highest BCUT2D eigenvalue weighted by Crippen LogP contribution is 2.48. The molecule has 100 valence electrons. The van der Waals surface area contributed by atoms with Gasteiger partial charge in [0.25, 0.3) is 0 Å². The minimum atomic E-state index is -1.20. The maximum atomic E-state index is 11.7. The Balaban J connectivity index is 2.49. The van der Waals surface area contributed by atoms with Gasteiger partial charge in [-0.3, -0.25) is 4.79 Å². The molecule has 0 aromatic carbocycles. The van der Waals surface area contributed by atoms with Crippen LogP contribution in [0.2, 0.25) is 0 Å². The quantitative estimate of drug-likeness (QED) is 0.786. The van der Waals surface area contributed by atoms with E-state index in [0.717, 1.165) is 11.1 Å². The summed E-state index contributed by atoms with van der Waals surface area (Å²) in [4.78, 5) is 11.7. The smallest absolute Gasteiger partial charge is 0.156 e. The number of allylic oxidation sites excluding steroid dienone is 2. The standard InChI is InChI=1S/C15H22O3/c1-8(2)11-7-12(9(3)16)10-5-6-15(4,18)14(17)13(10)11/h5-6,8,11,13-14,17-18H,7H2,1-4H3/t11-,13+,14-,15-/m0/s1. The molecule has 2 aliphatic rings. The number of hydrogen-bond acceptors (Lipinski definition) is 3. The van der Waals surface area contributed by atoms with E-state index in [-0.39, 0.29) is 17.6 Å². The number of aliphatic hydroxyl groups is 2. The van der Waals surface area contributed by atoms with Crippen molar-refractivity contribution in [2.24, 2.45) is 17.8 Å². The minimum Gasteiger partial charge on any atom is -0.389 e. The molecular weight excluding hydrogens is 228 g/mol. The Labute approximate surface area is 108 Å². The van der Waals surface area contributed by atoms with Gasteiger partial charge in [-0.25, -0.2) is 0 Å². The molecule has 0 saturated heterocycles. The van der Waals surface area contributed by atoms with Gasteiger partial charge in [0.2, 0.25) is 0 Å². The molecule has 0 fully saturated rings. The Morgan fingerprint density at radius 1 is 1.50 bits per heavy atom. The topological polar surface area (TPSA) is 57.5 Å². The van der Waals surface area contributed by atoms with Gasteiger partial charge < -0.3 is 10.2 Å². The van der Waals surface area contributed by atoms with E-state index in [4.69, 9.17) is 0 Å². The first kappa shape index (κ1) is 13.5. The van der Waals surface area contributed by atoms with Crippen molar-refractivity contribution in [3.63, 3.8) is 0 Å². The van der Waals surface area contributed by atoms with Crippen LogP contribution < -0.4 is 0 Å². The Morgan fingerprint density at radius 2 is 2.11 bits per heavy atom. The lowest BCUT2D eigenvalue weighted by Crippen LogP contribution is -2.47. The second kappa shape index (κ2) is 4.32. The SMILES string of the molecule is CC(=O)C1=C2C=C[C@](C)(O)[C@@H](O)[C@H]2[C@H](C(C)C)C1. The molecule has 0 bridgehead atoms. The number of carbonyl (C=O) groups is 1. The van der Waals surface area contributed by atoms with Crippen LogP contribution in [-0.4, -0.2) is 27.7 Å². The third-order valence-electron chi connectivity index (χ3n) is 4.43. The van der Waals surface area contributed by atoms with Crippen LogP contribution in [0.4, 0.5) is 0 Å². The van der Waals surface area contributed by atoms with Crippen molar-refractivity contribution in [3.05, 3.63) is 23.3 Å². The van der Waals surface area contributed by atoms with Gasteiger partial charge in [-0.1, -0.05) is 26.0 Å². The first-order chi connectivity index (χ1) is 8.25. The fraction of sp³-hybridized carbons (Fsp3) is 0.667. The van der Waals surface area contributed by atoms with Gasteiger partial charge in [-0.05, 0) is 43.3 Å². The number of aliphatic hydroxyl groups excluding tert-OH is 1. The van der Waals surface area contributed by atoms with E-state index < -0.39 is 11.7 Å². The van der Waals surface area contributed by atoms with Crippen LogP contribution in [0.3, 0.4) is 0 Å². The van der Waals surface area contributed by atoms with E-state index in [0.29, 0.717) is 12.3 Å². The molecule has 3 nitrogen and oxygen atoms in total. The van der Waals surface area contributed by atoms with Gasteiger partial charge in [-0.2, -0.15) is 0 Å². The van der Waals surface area contributed by atoms with Crippen LogP contribution in [0.25, 0.3) is 0 Å². The zero-order chi connectivity index (χ0) is 13.7. The van der Waals surface area contributed by atoms with E-state index in [9.17, 15) is 15.0 Å². The first-order valence-corrected chi connectivity index (χ1v) is 6.59. The minimum absolute atomic E-state index is 0.0801. The van der Waals surface area contributed by atoms with Crippen LogP contribution in [0.5, 0.6) is 0 Å². The van der Waals surface area contributed by atoms with Gasteiger partial charge in [0, 0.05) is 5.92 Å². The lowest BCUT2D eigenvalue weighted by Gasteiger charge is -2.39. The summed E-state index contributed by atoms with van der Waals surface area (Å²) in [7, 11) is 0. The summed E-state index contributed by atoms with van der Waals surface area (Å²) in [5, 5.41) is 20.5. The summed E-state index contributed by atoms with van der Waals surface area (Å²) in [6, 6.07) is 0. The predicted octanol–water partition coefficient (Wildman–Crippen LogP) is 1.85. The highest BCUT2D eigenvalue weighted by Gasteiger charge is 2.48. The van der Waals surface area contributed by atoms with Crippen molar-refractivity contribution in [1.29, 1.82) is 0 Å². The predicted molar refractivity (Wildman–Crippen MR) is 69.9 cm³/mol. The van der Waals surface area contributed by atoms with Crippen molar-refractivity contribution in [2.75, 3.05) is 0 Å². The molecule has 0 saturated carbocycles. The van der Waals surface area contributed by atoms with Crippen LogP contribution in [0.15, 0.2) is 23.3 Å². The van der Waals surface area contributed by atoms with Crippen LogP contribution >= 0.6 is 0 Å². The van der Waals surface area contributed by atoms with Gasteiger partial charge in [0.05, 0.1) is 6.10 Å². The van der Waals surface area contributed by atoms with Crippen molar-refractivity contribution in [2.45, 2.75) is 45.8 Å². The number of hydrogen-bond donors (Lipinski definition) is 2. The Hall–Kier alpha value is -0.930. The maximum Gasteiger partial charge on any atom is 0.156 e. The molecule has 2 N–H and O–H groups in total. The van der Waals surface area contributed by atoms with Gasteiger partial charge >= 0.3 is 0 Å². The summed E-state index contributed by atoms with van der Waals surface area (Å²) < 4.78 is 0. The van der Waals surface area contributed by atoms with Crippen molar-refractivity contribution in [1.82, 2.24) is 0 Å². The molecule has 0 unspecified atom stereocenters. The molecule has 3 heteroatoms. The van der Waals surface area contributed by atoms with E-state index in [2.05, 4.69) is 13.8 Å². The molecule has 0 aromatic rings. The average molecular weight is 250 g/mol. The lowest BCUT2D eigenvalue weighted by molar-refractivity contribution is -0.113. The monoisotopic (exact) mass is 250 g/mol. The summed E-state index contributed by atoms with van der Waals surface area (Å²) in [6.45, 7) is 7.40. The lowest BCUT2D eigenvalue weighted by atomic mass is 9.72. The Kier molecular flexibility index (Phi) is 3.24. The molecule has 2 aliphatic carbocycles. The molecule has 0 aliphatic heterocycles. The van der Waals surface area contributed by atoms with E-state index in [1.165, 1.54) is 0 Å². The molecule has 4 atom stereocenters. The largest absolute Gasteiger partial charge is 0.389 e. The summed E-state index contributed by atoms with van der Waals surface area (Å²) in [5.41, 5.74) is 0.554. The Morgan fingerprint density at radius 3 is 2.61 bits per heavy atom. The number of ketones is 1. The molecule has 18 heavy (non-hydrogen) atoms. The number of fused-ring (bicyclic) bond motifs is 1. The second-order valence-electron chi connectivity index (χ2n) is 6.13. The van der Waals surface area contributed by atoms with E-state index in [1.807, 2.05) is 6.08 Å². The molecule has 0 aromatic heterocycles. The van der Waals surface area contributed by atoms with Gasteiger partial charge in [-0.15, -0.1) is 0 Å². The van der Waals surface area contributed by atoms with Crippen molar-refractivity contribution in [3.8, 4) is 0 Å². The highest BCUT2D eigenvalue weighted by atomic mass is 16.3. The molecule has 0 heterocycles. The molecule has 2 rings (SSSR count). The van der Waals surface area contributed by atoms with Crippen LogP contribution in [-0.2, 0) is 4.79 Å². The van der Waals surface area contributed by atoms with Crippen LogP contribution in [0.1, 0.15) is 34.1 Å². The third-order valence-corrected chi connectivity index (χ3v) is 4.43.